The Balaban J connectivity index is 1.83. The Labute approximate surface area is 311 Å². The van der Waals surface area contributed by atoms with E-state index in [2.05, 4.69) is 36.1 Å². The smallest absolute Gasteiger partial charge is 0.311 e. The van der Waals surface area contributed by atoms with E-state index in [-0.39, 0.29) is 30.7 Å². The zero-order chi connectivity index (χ0) is 38.4. The van der Waals surface area contributed by atoms with Gasteiger partial charge in [0.25, 0.3) is 0 Å². The second-order valence-corrected chi connectivity index (χ2v) is 16.2. The Hall–Kier alpha value is -2.35. The molecule has 0 aliphatic carbocycles. The molecule has 4 aliphatic rings. The molecule has 4 heterocycles. The number of esters is 1. The van der Waals surface area contributed by atoms with Crippen LogP contribution in [-0.4, -0.2) is 131 Å². The monoisotopic (exact) mass is 730 g/mol. The summed E-state index contributed by atoms with van der Waals surface area (Å²) in [5.74, 6) is -2.25. The van der Waals surface area contributed by atoms with Gasteiger partial charge < -0.3 is 43.9 Å². The number of fused-ring (bicyclic) bond motifs is 14. The maximum absolute atomic E-state index is 13.8. The molecule has 0 saturated carbocycles. The molecular formula is C41H66N2O9. The van der Waals surface area contributed by atoms with Crippen molar-refractivity contribution in [2.24, 2.45) is 17.8 Å². The number of ether oxygens (including phenoxy) is 5. The highest BCUT2D eigenvalue weighted by Gasteiger charge is 2.51. The highest BCUT2D eigenvalue weighted by molar-refractivity contribution is 5.73. The van der Waals surface area contributed by atoms with E-state index in [9.17, 15) is 20.1 Å². The van der Waals surface area contributed by atoms with Gasteiger partial charge in [-0.05, 0) is 85.5 Å². The standard InChI is InChI=1S/C41H66N2O9/c1-11-33-41(8,47)37-30(6)43(20-15-19-31-17-13-12-14-18-31)25-26(2)24-40(7,49-22-16-21-48-37)36(28(4)34(44)29(5)38(46)51-33)52-39-35(45)32(42(9)10)23-27(3)50-39/h12-19,21,26-30,32-37,39,44-45,47H,11,20,22-25H2,1-10H3/b19-15+,21-16+/t26-,27-,28+,29?,30-,32+,33-,34?,35-,36-,37+,39+,40-,41-/m1/s1. The van der Waals surface area contributed by atoms with Crippen LogP contribution >= 0.6 is 0 Å². The van der Waals surface area contributed by atoms with Gasteiger partial charge in [-0.1, -0.05) is 63.3 Å². The molecule has 0 amide bonds. The number of aliphatic hydroxyl groups excluding tert-OH is 2. The van der Waals surface area contributed by atoms with Gasteiger partial charge in [0, 0.05) is 31.1 Å². The molecule has 1 aromatic carbocycles. The van der Waals surface area contributed by atoms with Gasteiger partial charge in [0.15, 0.2) is 6.29 Å². The Morgan fingerprint density at radius 2 is 1.75 bits per heavy atom. The van der Waals surface area contributed by atoms with Crippen molar-refractivity contribution in [3.63, 3.8) is 0 Å². The summed E-state index contributed by atoms with van der Waals surface area (Å²) in [5, 5.41) is 35.8. The number of carbonyl (C=O) groups is 1. The van der Waals surface area contributed by atoms with Crippen LogP contribution < -0.4 is 0 Å². The fraction of sp³-hybridized carbons (Fsp3) is 0.732. The fourth-order valence-corrected chi connectivity index (χ4v) is 8.50. The third-order valence-electron chi connectivity index (χ3n) is 11.5. The van der Waals surface area contributed by atoms with E-state index in [1.165, 1.54) is 0 Å². The van der Waals surface area contributed by atoms with Crippen molar-refractivity contribution in [1.82, 2.24) is 9.80 Å². The molecule has 52 heavy (non-hydrogen) atoms. The van der Waals surface area contributed by atoms with Crippen LogP contribution in [-0.2, 0) is 28.5 Å². The number of likely N-dealkylation sites (N-methyl/N-ethyl adjacent to an activating group) is 1. The Morgan fingerprint density at radius 1 is 1.06 bits per heavy atom. The van der Waals surface area contributed by atoms with Crippen LogP contribution in [0.2, 0.25) is 0 Å². The van der Waals surface area contributed by atoms with E-state index in [4.69, 9.17) is 23.7 Å². The van der Waals surface area contributed by atoms with Crippen LogP contribution in [0.5, 0.6) is 0 Å². The number of carbonyl (C=O) groups excluding carboxylic acids is 1. The average molecular weight is 731 g/mol. The van der Waals surface area contributed by atoms with E-state index >= 15 is 0 Å². The molecule has 14 atom stereocenters. The molecule has 11 nitrogen and oxygen atoms in total. The van der Waals surface area contributed by atoms with E-state index in [0.717, 1.165) is 5.56 Å². The first-order chi connectivity index (χ1) is 24.5. The van der Waals surface area contributed by atoms with Gasteiger partial charge in [-0.2, -0.15) is 0 Å². The van der Waals surface area contributed by atoms with Crippen molar-refractivity contribution in [3.8, 4) is 0 Å². The summed E-state index contributed by atoms with van der Waals surface area (Å²) in [4.78, 5) is 18.1. The maximum atomic E-state index is 13.8. The van der Waals surface area contributed by atoms with Crippen molar-refractivity contribution >= 4 is 12.0 Å². The molecule has 5 rings (SSSR count). The van der Waals surface area contributed by atoms with Gasteiger partial charge in [-0.25, -0.2) is 0 Å². The number of aliphatic hydroxyl groups is 3. The third kappa shape index (κ3) is 10.0. The van der Waals surface area contributed by atoms with Gasteiger partial charge in [-0.3, -0.25) is 9.69 Å². The van der Waals surface area contributed by atoms with E-state index in [1.807, 2.05) is 71.8 Å². The highest BCUT2D eigenvalue weighted by atomic mass is 16.7. The zero-order valence-electron chi connectivity index (χ0n) is 33.1. The average Bonchev–Trinajstić information content (AvgIpc) is 3.09. The summed E-state index contributed by atoms with van der Waals surface area (Å²) in [5.41, 5.74) is -1.54. The molecule has 0 aromatic heterocycles. The molecule has 1 aromatic rings. The molecule has 2 bridgehead atoms. The Morgan fingerprint density at radius 3 is 2.40 bits per heavy atom. The first kappa shape index (κ1) is 42.4. The van der Waals surface area contributed by atoms with Crippen LogP contribution in [0.3, 0.4) is 0 Å². The number of nitrogens with zero attached hydrogens (tertiary/aromatic N) is 2. The van der Waals surface area contributed by atoms with E-state index < -0.39 is 65.8 Å². The molecule has 11 heteroatoms. The van der Waals surface area contributed by atoms with Gasteiger partial charge in [0.1, 0.15) is 23.9 Å². The van der Waals surface area contributed by atoms with Crippen molar-refractivity contribution in [1.29, 1.82) is 0 Å². The molecule has 2 saturated heterocycles. The summed E-state index contributed by atoms with van der Waals surface area (Å²) >= 11 is 0. The highest BCUT2D eigenvalue weighted by Crippen LogP contribution is 2.39. The van der Waals surface area contributed by atoms with Crippen LogP contribution in [0.15, 0.2) is 48.7 Å². The molecule has 4 aliphatic heterocycles. The summed E-state index contributed by atoms with van der Waals surface area (Å²) in [6, 6.07) is 9.57. The predicted molar refractivity (Wildman–Crippen MR) is 201 cm³/mol. The number of hydrogen-bond acceptors (Lipinski definition) is 11. The first-order valence-corrected chi connectivity index (χ1v) is 19.2. The topological polar surface area (TPSA) is 130 Å². The number of hydrogen-bond donors (Lipinski definition) is 3. The normalized spacial score (nSPS) is 42.4. The molecule has 0 spiro atoms. The second kappa shape index (κ2) is 18.3. The maximum Gasteiger partial charge on any atom is 0.311 e. The Kier molecular flexibility index (Phi) is 14.9. The van der Waals surface area contributed by atoms with Gasteiger partial charge in [0.2, 0.25) is 0 Å². The first-order valence-electron chi connectivity index (χ1n) is 19.2. The van der Waals surface area contributed by atoms with Crippen LogP contribution in [0.1, 0.15) is 80.2 Å². The molecule has 294 valence electrons. The predicted octanol–water partition coefficient (Wildman–Crippen LogP) is 4.64. The lowest BCUT2D eigenvalue weighted by Crippen LogP contribution is -2.60. The van der Waals surface area contributed by atoms with Crippen LogP contribution in [0.25, 0.3) is 6.08 Å². The van der Waals surface area contributed by atoms with Gasteiger partial charge in [0.05, 0.1) is 42.7 Å². The molecule has 2 unspecified atom stereocenters. The summed E-state index contributed by atoms with van der Waals surface area (Å²) < 4.78 is 32.3. The third-order valence-corrected chi connectivity index (χ3v) is 11.5. The van der Waals surface area contributed by atoms with Crippen LogP contribution in [0, 0.1) is 17.8 Å². The van der Waals surface area contributed by atoms with Crippen molar-refractivity contribution < 1.29 is 43.8 Å². The largest absolute Gasteiger partial charge is 0.493 e. The molecule has 2 fully saturated rings. The number of rotatable bonds is 7. The minimum atomic E-state index is -1.60. The van der Waals surface area contributed by atoms with Crippen molar-refractivity contribution in [2.45, 2.75) is 141 Å². The minimum Gasteiger partial charge on any atom is -0.493 e. The van der Waals surface area contributed by atoms with E-state index in [0.29, 0.717) is 32.4 Å². The lowest BCUT2D eigenvalue weighted by molar-refractivity contribution is -0.303. The summed E-state index contributed by atoms with van der Waals surface area (Å²) in [6.45, 7) is 16.5. The van der Waals surface area contributed by atoms with E-state index in [1.54, 1.807) is 26.2 Å². The van der Waals surface area contributed by atoms with Gasteiger partial charge >= 0.3 is 5.97 Å². The number of benzene rings is 1. The second-order valence-electron chi connectivity index (χ2n) is 16.2. The summed E-state index contributed by atoms with van der Waals surface area (Å²) in [6.07, 6.45) is 3.09. The van der Waals surface area contributed by atoms with Crippen molar-refractivity contribution in [2.75, 3.05) is 33.8 Å². The fourth-order valence-electron chi connectivity index (χ4n) is 8.50. The molecule has 0 radical (unpaired) electrons. The van der Waals surface area contributed by atoms with Crippen LogP contribution in [0.4, 0.5) is 0 Å². The molecular weight excluding hydrogens is 664 g/mol. The minimum absolute atomic E-state index is 0.0232. The lowest BCUT2D eigenvalue weighted by Gasteiger charge is -2.48. The van der Waals surface area contributed by atoms with Gasteiger partial charge in [-0.15, -0.1) is 0 Å². The van der Waals surface area contributed by atoms with Crippen molar-refractivity contribution in [3.05, 3.63) is 54.3 Å². The summed E-state index contributed by atoms with van der Waals surface area (Å²) in [7, 11) is 3.85. The SMILES string of the molecule is CC[C@H]1OC(=O)C(C)C(O)[C@H](C)[C@@H](O[C@@H]2O[C@H](C)C[C@H](N(C)C)[C@H]2O)[C@@]2(C)C[C@@H](C)CN(C/C=C/c3ccccc3)[C@H](C)[C@H](O/C=C/CO2)[C@]1(C)O. The zero-order valence-corrected chi connectivity index (χ0v) is 33.1. The molecule has 3 N–H and O–H groups in total. The lowest BCUT2D eigenvalue weighted by atomic mass is 9.77. The Bertz CT molecular complexity index is 1320. The quantitative estimate of drug-likeness (QED) is 0.340.